The molecule has 0 N–H and O–H groups in total. The summed E-state index contributed by atoms with van der Waals surface area (Å²) in [5.74, 6) is 0.578. The number of nitrogens with zero attached hydrogens (tertiary/aromatic N) is 2. The highest BCUT2D eigenvalue weighted by atomic mass is 14.9. The molecule has 10 rings (SSSR count). The summed E-state index contributed by atoms with van der Waals surface area (Å²) in [5.41, 5.74) is 5.49. The van der Waals surface area contributed by atoms with Crippen molar-refractivity contribution in [3.63, 3.8) is 0 Å². The molecular weight excluding hydrogens is 641 g/mol. The van der Waals surface area contributed by atoms with Crippen LogP contribution in [0.1, 0.15) is 36.0 Å². The molecule has 53 heavy (non-hydrogen) atoms. The molecule has 0 unspecified atom stereocenters. The molecule has 1 aliphatic rings. The lowest BCUT2D eigenvalue weighted by atomic mass is 9.67. The van der Waals surface area contributed by atoms with Gasteiger partial charge in [0.2, 0.25) is 0 Å². The molecule has 0 saturated heterocycles. The number of hydrogen-bond donors (Lipinski definition) is 0. The minimum Gasteiger partial charge on any atom is -0.228 e. The van der Waals surface area contributed by atoms with E-state index in [1.165, 1.54) is 0 Å². The smallest absolute Gasteiger partial charge is 0.160 e. The second kappa shape index (κ2) is 12.7. The molecule has 2 heteroatoms. The molecular formula is C51H34N2. The minimum absolute atomic E-state index is 0.206. The fourth-order valence-electron chi connectivity index (χ4n) is 7.91. The molecule has 2 nitrogen and oxygen atoms in total. The van der Waals surface area contributed by atoms with Crippen molar-refractivity contribution in [2.24, 2.45) is 0 Å². The quantitative estimate of drug-likeness (QED) is 0.174. The van der Waals surface area contributed by atoms with Crippen molar-refractivity contribution in [2.75, 3.05) is 0 Å². The van der Waals surface area contributed by atoms with Crippen LogP contribution in [0.4, 0.5) is 0 Å². The van der Waals surface area contributed by atoms with Gasteiger partial charge in [-0.15, -0.1) is 0 Å². The lowest BCUT2D eigenvalue weighted by molar-refractivity contribution is 0.768. The van der Waals surface area contributed by atoms with E-state index < -0.39 is 65.8 Å². The van der Waals surface area contributed by atoms with Crippen LogP contribution in [0.15, 0.2) is 206 Å². The fourth-order valence-corrected chi connectivity index (χ4v) is 7.91. The number of benzene rings is 8. The van der Waals surface area contributed by atoms with E-state index in [-0.39, 0.29) is 11.1 Å². The van der Waals surface area contributed by atoms with E-state index in [4.69, 9.17) is 18.2 Å². The third-order valence-corrected chi connectivity index (χ3v) is 10.1. The van der Waals surface area contributed by atoms with E-state index in [0.717, 1.165) is 50.0 Å². The Kier molecular flexibility index (Phi) is 5.30. The van der Waals surface area contributed by atoms with Crippen LogP contribution in [0.2, 0.25) is 0 Å². The number of hydrogen-bond acceptors (Lipinski definition) is 2. The van der Waals surface area contributed by atoms with Gasteiger partial charge in [0.25, 0.3) is 0 Å². The Morgan fingerprint density at radius 3 is 1.62 bits per heavy atom. The maximum Gasteiger partial charge on any atom is 0.160 e. The number of rotatable bonds is 6. The van der Waals surface area contributed by atoms with Gasteiger partial charge in [-0.2, -0.15) is 0 Å². The van der Waals surface area contributed by atoms with E-state index in [1.54, 1.807) is 18.2 Å². The third kappa shape index (κ3) is 4.95. The van der Waals surface area contributed by atoms with E-state index in [9.17, 15) is 5.48 Å². The van der Waals surface area contributed by atoms with Crippen LogP contribution in [0, 0.1) is 0 Å². The van der Waals surface area contributed by atoms with Crippen molar-refractivity contribution >= 4 is 10.8 Å². The molecule has 0 aliphatic heterocycles. The van der Waals surface area contributed by atoms with Gasteiger partial charge in [-0.1, -0.05) is 200 Å². The van der Waals surface area contributed by atoms with Crippen LogP contribution in [-0.4, -0.2) is 9.97 Å². The highest BCUT2D eigenvalue weighted by Gasteiger charge is 2.46. The summed E-state index contributed by atoms with van der Waals surface area (Å²) in [6, 6.07) is 40.9. The van der Waals surface area contributed by atoms with Gasteiger partial charge in [0, 0.05) is 16.7 Å². The summed E-state index contributed by atoms with van der Waals surface area (Å²) in [7, 11) is 0. The topological polar surface area (TPSA) is 25.8 Å². The first-order valence-electron chi connectivity index (χ1n) is 22.4. The van der Waals surface area contributed by atoms with Crippen molar-refractivity contribution in [3.05, 3.63) is 228 Å². The summed E-state index contributed by atoms with van der Waals surface area (Å²) in [5, 5.41) is 1.78. The van der Waals surface area contributed by atoms with Gasteiger partial charge in [0.05, 0.1) is 30.5 Å². The van der Waals surface area contributed by atoms with E-state index in [0.29, 0.717) is 28.1 Å². The predicted molar refractivity (Wildman–Crippen MR) is 219 cm³/mol. The van der Waals surface area contributed by atoms with Crippen LogP contribution in [0.5, 0.6) is 0 Å². The molecule has 9 aromatic rings. The lowest BCUT2D eigenvalue weighted by Crippen LogP contribution is -2.28. The zero-order valence-corrected chi connectivity index (χ0v) is 28.3. The van der Waals surface area contributed by atoms with Crippen LogP contribution in [-0.2, 0) is 5.41 Å². The van der Waals surface area contributed by atoms with Crippen LogP contribution in [0.25, 0.3) is 66.9 Å². The number of aromatic nitrogens is 2. The molecule has 0 bridgehead atoms. The third-order valence-electron chi connectivity index (χ3n) is 10.1. The van der Waals surface area contributed by atoms with Gasteiger partial charge >= 0.3 is 0 Å². The predicted octanol–water partition coefficient (Wildman–Crippen LogP) is 12.7. The Bertz CT molecular complexity index is 3170. The Morgan fingerprint density at radius 2 is 0.925 bits per heavy atom. The monoisotopic (exact) mass is 684 g/mol. The average Bonchev–Trinajstić information content (AvgIpc) is 3.62. The average molecular weight is 685 g/mol. The van der Waals surface area contributed by atoms with E-state index in [1.807, 2.05) is 127 Å². The summed E-state index contributed by atoms with van der Waals surface area (Å²) in [4.78, 5) is 10.1. The van der Waals surface area contributed by atoms with Crippen LogP contribution >= 0.6 is 0 Å². The fraction of sp³-hybridized carbons (Fsp3) is 0.0196. The molecule has 248 valence electrons. The molecule has 0 radical (unpaired) electrons. The molecule has 0 saturated carbocycles. The van der Waals surface area contributed by atoms with Gasteiger partial charge in [-0.25, -0.2) is 9.97 Å². The Balaban J connectivity index is 1.29. The van der Waals surface area contributed by atoms with Gasteiger partial charge in [0.1, 0.15) is 0 Å². The van der Waals surface area contributed by atoms with Crippen molar-refractivity contribution in [3.8, 4) is 56.2 Å². The second-order valence-corrected chi connectivity index (χ2v) is 12.9. The maximum atomic E-state index is 9.38. The van der Waals surface area contributed by atoms with E-state index in [2.05, 4.69) is 0 Å². The molecule has 1 aromatic heterocycles. The summed E-state index contributed by atoms with van der Waals surface area (Å²) in [6.07, 6.45) is 0. The lowest BCUT2D eigenvalue weighted by Gasteiger charge is -2.34. The van der Waals surface area contributed by atoms with Gasteiger partial charge in [-0.05, 0) is 61.3 Å². The molecule has 0 amide bonds. The Morgan fingerprint density at radius 1 is 0.396 bits per heavy atom. The highest BCUT2D eigenvalue weighted by molar-refractivity contribution is 6.08. The van der Waals surface area contributed by atoms with Crippen molar-refractivity contribution in [1.82, 2.24) is 9.97 Å². The normalized spacial score (nSPS) is 15.3. The van der Waals surface area contributed by atoms with Gasteiger partial charge < -0.3 is 0 Å². The standard InChI is InChI=1S/C51H34N2/c1-5-18-35(19-6-1)47-34-48(53-50(52-47)36-20-7-2-8-21-36)42-33-32-41(39-26-13-14-27-40(39)42)43-29-17-31-46-49(43)44-28-15-16-30-45(44)51(46,37-22-9-3-10-23-37)38-24-11-4-12-25-38/h1-34H/i3D,4D,9D,10D,11D,12D,22D,23D,24D,25D. The summed E-state index contributed by atoms with van der Waals surface area (Å²) < 4.78 is 89.8. The highest BCUT2D eigenvalue weighted by Crippen LogP contribution is 2.58. The second-order valence-electron chi connectivity index (χ2n) is 12.9. The Hall–Kier alpha value is -6.90. The Labute approximate surface area is 323 Å². The largest absolute Gasteiger partial charge is 0.228 e. The van der Waals surface area contributed by atoms with Crippen molar-refractivity contribution in [2.45, 2.75) is 5.41 Å². The SMILES string of the molecule is [2H]c1c([2H])c([2H])c(C2(c3c([2H])c([2H])c([2H])c([2H])c3[2H])c3ccccc3-c3c(-c4ccc(-c5cc(-c6ccccc6)nc(-c6ccccc6)n5)c5ccccc45)cccc32)c([2H])c1[2H]. The van der Waals surface area contributed by atoms with Crippen LogP contribution < -0.4 is 0 Å². The molecule has 8 aromatic carbocycles. The molecule has 1 aliphatic carbocycles. The summed E-state index contributed by atoms with van der Waals surface area (Å²) in [6.45, 7) is 0. The zero-order chi connectivity index (χ0) is 43.9. The van der Waals surface area contributed by atoms with E-state index >= 15 is 0 Å². The van der Waals surface area contributed by atoms with Gasteiger partial charge in [-0.3, -0.25) is 0 Å². The van der Waals surface area contributed by atoms with Crippen molar-refractivity contribution in [1.29, 1.82) is 0 Å². The van der Waals surface area contributed by atoms with Gasteiger partial charge in [0.15, 0.2) is 5.82 Å². The van der Waals surface area contributed by atoms with Crippen LogP contribution in [0.3, 0.4) is 0 Å². The molecule has 0 spiro atoms. The van der Waals surface area contributed by atoms with Crippen molar-refractivity contribution < 1.29 is 13.7 Å². The first-order valence-corrected chi connectivity index (χ1v) is 17.4. The minimum atomic E-state index is -1.94. The summed E-state index contributed by atoms with van der Waals surface area (Å²) >= 11 is 0. The number of fused-ring (bicyclic) bond motifs is 4. The molecule has 0 atom stereocenters. The first kappa shape index (κ1) is 22.1. The molecule has 1 heterocycles. The molecule has 0 fully saturated rings. The zero-order valence-electron chi connectivity index (χ0n) is 38.3. The first-order chi connectivity index (χ1) is 30.4. The maximum absolute atomic E-state index is 9.38.